The topological polar surface area (TPSA) is 56.0 Å². The van der Waals surface area contributed by atoms with Crippen molar-refractivity contribution in [2.45, 2.75) is 0 Å². The molecule has 0 spiro atoms. The van der Waals surface area contributed by atoms with Gasteiger partial charge in [-0.3, -0.25) is 0 Å². The first-order valence-corrected chi connectivity index (χ1v) is 8.82. The van der Waals surface area contributed by atoms with E-state index in [0.29, 0.717) is 10.8 Å². The van der Waals surface area contributed by atoms with Gasteiger partial charge in [0.2, 0.25) is 4.96 Å². The summed E-state index contributed by atoms with van der Waals surface area (Å²) in [5.41, 5.74) is 2.65. The summed E-state index contributed by atoms with van der Waals surface area (Å²) in [5.74, 6) is 0.667. The number of pyridine rings is 1. The molecule has 5 aromatic rings. The fourth-order valence-electron chi connectivity index (χ4n) is 2.71. The third-order valence-electron chi connectivity index (χ3n) is 3.89. The number of para-hydroxylation sites is 1. The van der Waals surface area contributed by atoms with Crippen molar-refractivity contribution in [3.8, 4) is 22.1 Å². The largest absolute Gasteiger partial charge is 0.245 e. The number of hydrogen-bond donors (Lipinski definition) is 0. The molecule has 0 amide bonds. The van der Waals surface area contributed by atoms with Crippen LogP contribution in [0.4, 0.5) is 0 Å². The lowest BCUT2D eigenvalue weighted by Crippen LogP contribution is -1.92. The van der Waals surface area contributed by atoms with Crippen molar-refractivity contribution >= 4 is 38.8 Å². The van der Waals surface area contributed by atoms with E-state index >= 15 is 0 Å². The van der Waals surface area contributed by atoms with E-state index in [1.54, 1.807) is 4.52 Å². The molecule has 25 heavy (non-hydrogen) atoms. The summed E-state index contributed by atoms with van der Waals surface area (Å²) in [5, 5.41) is 15.7. The van der Waals surface area contributed by atoms with Gasteiger partial charge < -0.3 is 0 Å². The molecule has 2 aromatic carbocycles. The second-order valence-corrected chi connectivity index (χ2v) is 6.92. The first-order valence-electron chi connectivity index (χ1n) is 7.62. The average molecular weight is 364 g/mol. The Kier molecular flexibility index (Phi) is 3.26. The van der Waals surface area contributed by atoms with Gasteiger partial charge in [-0.15, -0.1) is 10.2 Å². The molecule has 3 aromatic heterocycles. The van der Waals surface area contributed by atoms with E-state index in [0.717, 1.165) is 32.1 Å². The maximum atomic E-state index is 6.08. The molecule has 0 atom stereocenters. The van der Waals surface area contributed by atoms with Crippen LogP contribution >= 0.6 is 22.9 Å². The first kappa shape index (κ1) is 14.5. The van der Waals surface area contributed by atoms with Crippen molar-refractivity contribution in [2.75, 3.05) is 0 Å². The molecule has 0 bridgehead atoms. The van der Waals surface area contributed by atoms with Gasteiger partial charge in [0.05, 0.1) is 5.52 Å². The van der Waals surface area contributed by atoms with Gasteiger partial charge in [-0.1, -0.05) is 59.3 Å². The molecule has 3 heterocycles. The van der Waals surface area contributed by atoms with Crippen LogP contribution in [0.1, 0.15) is 0 Å². The molecular weight excluding hydrogens is 354 g/mol. The molecule has 0 fully saturated rings. The number of rotatable bonds is 2. The third kappa shape index (κ3) is 2.47. The van der Waals surface area contributed by atoms with Gasteiger partial charge >= 0.3 is 0 Å². The maximum absolute atomic E-state index is 6.08. The molecular formula is C18H10ClN5S. The zero-order chi connectivity index (χ0) is 16.8. The van der Waals surface area contributed by atoms with Crippen molar-refractivity contribution < 1.29 is 0 Å². The molecule has 0 saturated heterocycles. The van der Waals surface area contributed by atoms with Crippen molar-refractivity contribution in [3.63, 3.8) is 0 Å². The van der Waals surface area contributed by atoms with Crippen molar-refractivity contribution in [3.05, 3.63) is 65.7 Å². The van der Waals surface area contributed by atoms with Crippen molar-refractivity contribution in [2.24, 2.45) is 0 Å². The summed E-state index contributed by atoms with van der Waals surface area (Å²) < 4.78 is 1.74. The number of hydrogen-bond acceptors (Lipinski definition) is 5. The summed E-state index contributed by atoms with van der Waals surface area (Å²) in [6.45, 7) is 0. The van der Waals surface area contributed by atoms with Crippen LogP contribution in [0.2, 0.25) is 5.02 Å². The normalized spacial score (nSPS) is 11.4. The van der Waals surface area contributed by atoms with E-state index in [2.05, 4.69) is 21.4 Å². The highest BCUT2D eigenvalue weighted by atomic mass is 35.5. The molecule has 5 rings (SSSR count). The Morgan fingerprint density at radius 2 is 1.84 bits per heavy atom. The number of nitrogens with zero attached hydrogens (tertiary/aromatic N) is 5. The molecule has 120 valence electrons. The Labute approximate surface area is 151 Å². The molecule has 0 saturated carbocycles. The van der Waals surface area contributed by atoms with Crippen LogP contribution in [-0.4, -0.2) is 24.8 Å². The third-order valence-corrected chi connectivity index (χ3v) is 5.05. The van der Waals surface area contributed by atoms with E-state index in [1.807, 2.05) is 54.6 Å². The van der Waals surface area contributed by atoms with Gasteiger partial charge in [0.25, 0.3) is 0 Å². The minimum absolute atomic E-state index is 0.654. The van der Waals surface area contributed by atoms with Crippen LogP contribution in [0, 0.1) is 0 Å². The maximum Gasteiger partial charge on any atom is 0.235 e. The van der Waals surface area contributed by atoms with E-state index in [1.165, 1.54) is 11.3 Å². The Morgan fingerprint density at radius 1 is 0.920 bits per heavy atom. The second-order valence-electron chi connectivity index (χ2n) is 5.52. The summed E-state index contributed by atoms with van der Waals surface area (Å²) in [6, 6.07) is 19.6. The second kappa shape index (κ2) is 5.61. The molecule has 0 N–H and O–H groups in total. The SMILES string of the molecule is Clc1cccc(-c2nnc3sc(-c4ccc5ccccc5n4)nn23)c1. The highest BCUT2D eigenvalue weighted by Crippen LogP contribution is 2.28. The smallest absolute Gasteiger partial charge is 0.235 e. The molecule has 0 aliphatic heterocycles. The zero-order valence-electron chi connectivity index (χ0n) is 12.8. The number of halogens is 1. The molecule has 0 aliphatic rings. The Morgan fingerprint density at radius 3 is 2.76 bits per heavy atom. The molecule has 0 radical (unpaired) electrons. The summed E-state index contributed by atoms with van der Waals surface area (Å²) in [4.78, 5) is 5.42. The lowest BCUT2D eigenvalue weighted by Gasteiger charge is -1.99. The molecule has 0 aliphatic carbocycles. The van der Waals surface area contributed by atoms with Crippen LogP contribution in [0.15, 0.2) is 60.7 Å². The molecule has 0 unspecified atom stereocenters. The Balaban J connectivity index is 1.65. The minimum Gasteiger partial charge on any atom is -0.245 e. The minimum atomic E-state index is 0.654. The quantitative estimate of drug-likeness (QED) is 0.455. The summed E-state index contributed by atoms with van der Waals surface area (Å²) >= 11 is 7.55. The van der Waals surface area contributed by atoms with Gasteiger partial charge in [-0.25, -0.2) is 4.98 Å². The van der Waals surface area contributed by atoms with Crippen LogP contribution < -0.4 is 0 Å². The number of aromatic nitrogens is 5. The van der Waals surface area contributed by atoms with Crippen LogP contribution in [0.5, 0.6) is 0 Å². The Hall–Kier alpha value is -2.83. The van der Waals surface area contributed by atoms with Gasteiger partial charge in [0, 0.05) is 16.0 Å². The van der Waals surface area contributed by atoms with Gasteiger partial charge in [0.15, 0.2) is 10.8 Å². The molecule has 5 nitrogen and oxygen atoms in total. The summed E-state index contributed by atoms with van der Waals surface area (Å²) in [6.07, 6.45) is 0. The average Bonchev–Trinajstić information content (AvgIpc) is 3.22. The van der Waals surface area contributed by atoms with Crippen LogP contribution in [0.25, 0.3) is 38.0 Å². The fourth-order valence-corrected chi connectivity index (χ4v) is 3.71. The fraction of sp³-hybridized carbons (Fsp3) is 0. The number of benzene rings is 2. The predicted octanol–water partition coefficient (Wildman–Crippen LogP) is 4.72. The Bertz CT molecular complexity index is 1230. The van der Waals surface area contributed by atoms with Crippen molar-refractivity contribution in [1.82, 2.24) is 24.8 Å². The van der Waals surface area contributed by atoms with E-state index < -0.39 is 0 Å². The van der Waals surface area contributed by atoms with Crippen LogP contribution in [0.3, 0.4) is 0 Å². The molecule has 7 heteroatoms. The lowest BCUT2D eigenvalue weighted by molar-refractivity contribution is 0.968. The highest BCUT2D eigenvalue weighted by Gasteiger charge is 2.15. The first-order chi connectivity index (χ1) is 12.3. The number of fused-ring (bicyclic) bond motifs is 2. The standard InChI is InChI=1S/C18H10ClN5S/c19-13-6-3-5-12(10-13)16-21-22-18-24(16)23-17(25-18)15-9-8-11-4-1-2-7-14(11)20-15/h1-10H. The van der Waals surface area contributed by atoms with E-state index in [4.69, 9.17) is 16.6 Å². The lowest BCUT2D eigenvalue weighted by atomic mass is 10.2. The van der Waals surface area contributed by atoms with E-state index in [9.17, 15) is 0 Å². The van der Waals surface area contributed by atoms with Gasteiger partial charge in [-0.2, -0.15) is 9.61 Å². The van der Waals surface area contributed by atoms with Crippen LogP contribution in [-0.2, 0) is 0 Å². The van der Waals surface area contributed by atoms with Gasteiger partial charge in [0.1, 0.15) is 5.69 Å². The highest BCUT2D eigenvalue weighted by molar-refractivity contribution is 7.19. The van der Waals surface area contributed by atoms with E-state index in [-0.39, 0.29) is 0 Å². The predicted molar refractivity (Wildman–Crippen MR) is 99.8 cm³/mol. The zero-order valence-corrected chi connectivity index (χ0v) is 14.4. The van der Waals surface area contributed by atoms with Crippen molar-refractivity contribution in [1.29, 1.82) is 0 Å². The monoisotopic (exact) mass is 363 g/mol. The van der Waals surface area contributed by atoms with Gasteiger partial charge in [-0.05, 0) is 24.3 Å². The summed E-state index contributed by atoms with van der Waals surface area (Å²) in [7, 11) is 0.